The van der Waals surface area contributed by atoms with Crippen LogP contribution in [0.5, 0.6) is 11.5 Å². The van der Waals surface area contributed by atoms with Gasteiger partial charge in [0.25, 0.3) is 23.6 Å². The third-order valence-corrected chi connectivity index (χ3v) is 17.4. The first-order chi connectivity index (χ1) is 25.2. The summed E-state index contributed by atoms with van der Waals surface area (Å²) >= 11 is 0. The van der Waals surface area contributed by atoms with E-state index in [1.54, 1.807) is 60.7 Å². The third kappa shape index (κ3) is 8.69. The minimum Gasteiger partial charge on any atom is -0.494 e. The normalized spacial score (nSPS) is 14.2. The van der Waals surface area contributed by atoms with Gasteiger partial charge in [0.05, 0.1) is 41.2 Å². The lowest BCUT2D eigenvalue weighted by molar-refractivity contribution is 0.0692. The van der Waals surface area contributed by atoms with Crippen LogP contribution in [0.2, 0.25) is 38.3 Å². The Morgan fingerprint density at radius 3 is 1.49 bits per heavy atom. The number of imide groups is 2. The van der Waals surface area contributed by atoms with Gasteiger partial charge >= 0.3 is 0 Å². The Balaban J connectivity index is 0.944. The van der Waals surface area contributed by atoms with Crippen LogP contribution in [0.15, 0.2) is 84.9 Å². The number of rotatable bonds is 16. The summed E-state index contributed by atoms with van der Waals surface area (Å²) in [5.41, 5.74) is 4.33. The van der Waals surface area contributed by atoms with Gasteiger partial charge in [0, 0.05) is 7.05 Å². The van der Waals surface area contributed by atoms with E-state index in [-0.39, 0.29) is 17.4 Å². The Morgan fingerprint density at radius 2 is 0.962 bits per heavy atom. The number of aryl methyl sites for hydroxylation is 1. The number of ether oxygens (including phenoxy) is 2. The van der Waals surface area contributed by atoms with Crippen molar-refractivity contribution in [2.45, 2.75) is 70.9 Å². The van der Waals surface area contributed by atoms with Crippen LogP contribution in [-0.2, 0) is 4.12 Å². The average molecular weight is 749 g/mol. The zero-order valence-electron chi connectivity index (χ0n) is 31.5. The maximum atomic E-state index is 13.5. The summed E-state index contributed by atoms with van der Waals surface area (Å²) in [7, 11) is -2.13. The Morgan fingerprint density at radius 1 is 0.528 bits per heavy atom. The second-order valence-electron chi connectivity index (χ2n) is 15.2. The number of hydrogen-bond donors (Lipinski definition) is 0. The fraction of sp³-hybridized carbons (Fsp3) is 0.333. The predicted molar refractivity (Wildman–Crippen MR) is 212 cm³/mol. The van der Waals surface area contributed by atoms with Crippen LogP contribution in [0.4, 0.5) is 5.69 Å². The van der Waals surface area contributed by atoms with Crippen LogP contribution in [0.3, 0.4) is 0 Å². The molecule has 0 N–H and O–H groups in total. The number of anilines is 1. The van der Waals surface area contributed by atoms with E-state index in [4.69, 9.17) is 13.6 Å². The number of carbonyl (C=O) groups is 4. The van der Waals surface area contributed by atoms with Gasteiger partial charge in [-0.25, -0.2) is 4.90 Å². The molecule has 0 saturated carbocycles. The molecule has 53 heavy (non-hydrogen) atoms. The first kappa shape index (κ1) is 37.9. The summed E-state index contributed by atoms with van der Waals surface area (Å²) < 4.78 is 18.8. The average Bonchev–Trinajstić information content (AvgIpc) is 3.50. The van der Waals surface area contributed by atoms with Crippen LogP contribution >= 0.6 is 0 Å². The molecule has 2 aliphatic rings. The zero-order valence-corrected chi connectivity index (χ0v) is 33.5. The first-order valence-corrected chi connectivity index (χ1v) is 24.6. The monoisotopic (exact) mass is 748 g/mol. The lowest BCUT2D eigenvalue weighted by Gasteiger charge is -2.34. The lowest BCUT2D eigenvalue weighted by atomic mass is 9.97. The van der Waals surface area contributed by atoms with Crippen molar-refractivity contribution >= 4 is 46.0 Å². The Hall–Kier alpha value is -4.85. The Kier molecular flexibility index (Phi) is 11.2. The topological polar surface area (TPSA) is 102 Å². The van der Waals surface area contributed by atoms with Crippen molar-refractivity contribution in [3.05, 3.63) is 113 Å². The maximum absolute atomic E-state index is 13.5. The van der Waals surface area contributed by atoms with Gasteiger partial charge in [0.15, 0.2) is 16.6 Å². The third-order valence-electron chi connectivity index (χ3n) is 9.86. The number of nitrogens with zero attached hydrogens (tertiary/aromatic N) is 2. The highest BCUT2D eigenvalue weighted by molar-refractivity contribution is 6.84. The van der Waals surface area contributed by atoms with Crippen LogP contribution in [0.25, 0.3) is 11.1 Å². The largest absolute Gasteiger partial charge is 0.494 e. The second kappa shape index (κ2) is 15.6. The van der Waals surface area contributed by atoms with E-state index in [1.165, 1.54) is 17.5 Å². The van der Waals surface area contributed by atoms with Crippen LogP contribution < -0.4 is 14.4 Å². The molecule has 4 aromatic carbocycles. The molecule has 4 aromatic rings. The van der Waals surface area contributed by atoms with Gasteiger partial charge in [-0.1, -0.05) is 42.7 Å². The van der Waals surface area contributed by atoms with Crippen molar-refractivity contribution in [1.82, 2.24) is 4.90 Å². The summed E-state index contributed by atoms with van der Waals surface area (Å²) in [4.78, 5) is 53.9. The van der Waals surface area contributed by atoms with E-state index < -0.39 is 28.4 Å². The van der Waals surface area contributed by atoms with Crippen molar-refractivity contribution in [2.24, 2.45) is 0 Å². The number of carbonyl (C=O) groups excluding carboxylic acids is 4. The molecule has 276 valence electrons. The standard InChI is InChI=1S/C42H48N2O7Si2/c1-29-11-17-33(18-12-29)49-23-7-9-25-52(3,4)51-53(5,6)26-10-8-24-50-34-19-15-32(16-20-34)44-41(47)36-22-14-31(28-38(36)42(44)48)30-13-21-35-37(27-30)40(46)43(2)39(35)45/h11-22,27-28H,7-10,23-26H2,1-6H3. The molecule has 11 heteroatoms. The molecular formula is C42H48N2O7Si2. The van der Waals surface area contributed by atoms with Gasteiger partial charge in [0.2, 0.25) is 0 Å². The molecule has 4 amide bonds. The summed E-state index contributed by atoms with van der Waals surface area (Å²) in [5, 5.41) is 0. The molecular weight excluding hydrogens is 701 g/mol. The van der Waals surface area contributed by atoms with Crippen molar-refractivity contribution in [1.29, 1.82) is 0 Å². The Labute approximate surface area is 314 Å². The van der Waals surface area contributed by atoms with Crippen molar-refractivity contribution in [3.8, 4) is 22.6 Å². The van der Waals surface area contributed by atoms with Gasteiger partial charge in [-0.05, 0) is 130 Å². The summed E-state index contributed by atoms with van der Waals surface area (Å²) in [6.07, 6.45) is 4.07. The SMILES string of the molecule is Cc1ccc(OCCCC[Si](C)(C)O[Si](C)(C)CCCCOc2ccc(N3C(=O)c4ccc(-c5ccc6c(c5)C(=O)N(C)C6=O)cc4C3=O)cc2)cc1. The maximum Gasteiger partial charge on any atom is 0.266 e. The van der Waals surface area contributed by atoms with E-state index in [1.807, 2.05) is 12.1 Å². The molecule has 0 radical (unpaired) electrons. The molecule has 0 fully saturated rings. The molecule has 0 atom stereocenters. The van der Waals surface area contributed by atoms with Gasteiger partial charge < -0.3 is 13.6 Å². The smallest absolute Gasteiger partial charge is 0.266 e. The summed E-state index contributed by atoms with van der Waals surface area (Å²) in [5.74, 6) is 0.0919. The molecule has 6 rings (SSSR count). The highest BCUT2D eigenvalue weighted by atomic mass is 28.4. The van der Waals surface area contributed by atoms with E-state index in [0.717, 1.165) is 55.0 Å². The molecule has 2 heterocycles. The second-order valence-corrected chi connectivity index (χ2v) is 24.0. The molecule has 0 saturated heterocycles. The predicted octanol–water partition coefficient (Wildman–Crippen LogP) is 9.13. The van der Waals surface area contributed by atoms with E-state index in [9.17, 15) is 19.2 Å². The first-order valence-electron chi connectivity index (χ1n) is 18.4. The zero-order chi connectivity index (χ0) is 37.9. The van der Waals surface area contributed by atoms with E-state index in [2.05, 4.69) is 45.2 Å². The lowest BCUT2D eigenvalue weighted by Crippen LogP contribution is -2.44. The number of fused-ring (bicyclic) bond motifs is 2. The minimum absolute atomic E-state index is 0.290. The number of hydrogen-bond acceptors (Lipinski definition) is 7. The molecule has 0 unspecified atom stereocenters. The number of unbranched alkanes of at least 4 members (excludes halogenated alkanes) is 2. The quantitative estimate of drug-likeness (QED) is 0.0640. The molecule has 0 aliphatic carbocycles. The molecule has 2 aliphatic heterocycles. The fourth-order valence-corrected chi connectivity index (χ4v) is 16.1. The van der Waals surface area contributed by atoms with Crippen LogP contribution in [-0.4, -0.2) is 65.4 Å². The summed E-state index contributed by atoms with van der Waals surface area (Å²) in [6.45, 7) is 12.7. The van der Waals surface area contributed by atoms with E-state index in [0.29, 0.717) is 45.9 Å². The number of amides is 4. The fourth-order valence-electron chi connectivity index (χ4n) is 7.06. The molecule has 0 spiro atoms. The Bertz CT molecular complexity index is 2030. The van der Waals surface area contributed by atoms with Crippen molar-refractivity contribution < 1.29 is 32.8 Å². The minimum atomic E-state index is -1.81. The van der Waals surface area contributed by atoms with Gasteiger partial charge in [-0.3, -0.25) is 24.1 Å². The van der Waals surface area contributed by atoms with Crippen LogP contribution in [0.1, 0.15) is 72.7 Å². The number of benzene rings is 4. The van der Waals surface area contributed by atoms with Crippen LogP contribution in [0, 0.1) is 6.92 Å². The van der Waals surface area contributed by atoms with Gasteiger partial charge in [0.1, 0.15) is 11.5 Å². The van der Waals surface area contributed by atoms with Crippen molar-refractivity contribution in [2.75, 3.05) is 25.2 Å². The van der Waals surface area contributed by atoms with Gasteiger partial charge in [-0.2, -0.15) is 0 Å². The molecule has 0 bridgehead atoms. The van der Waals surface area contributed by atoms with E-state index >= 15 is 0 Å². The highest BCUT2D eigenvalue weighted by Gasteiger charge is 2.38. The van der Waals surface area contributed by atoms with Gasteiger partial charge in [-0.15, -0.1) is 0 Å². The summed E-state index contributed by atoms with van der Waals surface area (Å²) in [6, 6.07) is 27.5. The van der Waals surface area contributed by atoms with Crippen molar-refractivity contribution in [3.63, 3.8) is 0 Å². The highest BCUT2D eigenvalue weighted by Crippen LogP contribution is 2.34. The molecule has 9 nitrogen and oxygen atoms in total. The molecule has 0 aromatic heterocycles.